The Hall–Kier alpha value is -2.84. The summed E-state index contributed by atoms with van der Waals surface area (Å²) in [5.74, 6) is 0.607. The second-order valence-corrected chi connectivity index (χ2v) is 8.89. The average Bonchev–Trinajstić information content (AvgIpc) is 3.22. The normalized spacial score (nSPS) is 19.0. The first kappa shape index (κ1) is 18.2. The molecule has 2 aromatic carbocycles. The van der Waals surface area contributed by atoms with Gasteiger partial charge in [-0.15, -0.1) is 0 Å². The minimum absolute atomic E-state index is 0.147. The van der Waals surface area contributed by atoms with Crippen molar-refractivity contribution in [2.45, 2.75) is 17.5 Å². The summed E-state index contributed by atoms with van der Waals surface area (Å²) >= 11 is 0. The molecule has 2 aliphatic heterocycles. The number of rotatable bonds is 3. The van der Waals surface area contributed by atoms with E-state index in [0.29, 0.717) is 43.4 Å². The highest BCUT2D eigenvalue weighted by Gasteiger charge is 2.38. The fourth-order valence-corrected chi connectivity index (χ4v) is 5.52. The molecular formula is C21H19FN2O4S. The molecule has 5 rings (SSSR count). The van der Waals surface area contributed by atoms with E-state index in [1.165, 1.54) is 28.6 Å². The number of hydrogen-bond acceptors (Lipinski definition) is 4. The van der Waals surface area contributed by atoms with Gasteiger partial charge < -0.3 is 14.0 Å². The molecule has 0 spiro atoms. The van der Waals surface area contributed by atoms with Crippen molar-refractivity contribution < 1.29 is 22.3 Å². The minimum Gasteiger partial charge on any atom is -0.486 e. The third-order valence-corrected chi connectivity index (χ3v) is 7.16. The maximum atomic E-state index is 13.6. The smallest absolute Gasteiger partial charge is 0.244 e. The first-order valence-electron chi connectivity index (χ1n) is 9.36. The van der Waals surface area contributed by atoms with Gasteiger partial charge in [-0.25, -0.2) is 12.8 Å². The van der Waals surface area contributed by atoms with Crippen LogP contribution in [0.15, 0.2) is 65.7 Å². The maximum absolute atomic E-state index is 13.6. The lowest BCUT2D eigenvalue weighted by Crippen LogP contribution is -2.42. The first-order valence-corrected chi connectivity index (χ1v) is 10.8. The van der Waals surface area contributed by atoms with Crippen LogP contribution < -0.4 is 9.47 Å². The standard InChI is InChI=1S/C21H19FN2O4S/c22-16-5-3-15(4-6-16)21-18-2-1-9-23(18)10-11-24(21)29(25,26)17-7-8-19-20(14-17)28-13-12-27-19/h1-9,14,21H,10-13H2/t21-/m1/s1. The Morgan fingerprint density at radius 1 is 0.931 bits per heavy atom. The Morgan fingerprint density at radius 3 is 2.48 bits per heavy atom. The number of halogens is 1. The highest BCUT2D eigenvalue weighted by Crippen LogP contribution is 2.39. The summed E-state index contributed by atoms with van der Waals surface area (Å²) in [6.45, 7) is 1.67. The quantitative estimate of drug-likeness (QED) is 0.661. The van der Waals surface area contributed by atoms with E-state index in [0.717, 1.165) is 5.69 Å². The van der Waals surface area contributed by atoms with E-state index in [4.69, 9.17) is 9.47 Å². The summed E-state index contributed by atoms with van der Waals surface area (Å²) in [6.07, 6.45) is 1.93. The molecule has 3 aromatic rings. The number of hydrogen-bond donors (Lipinski definition) is 0. The average molecular weight is 414 g/mol. The van der Waals surface area contributed by atoms with E-state index in [1.807, 2.05) is 22.9 Å². The molecule has 6 nitrogen and oxygen atoms in total. The molecule has 150 valence electrons. The highest BCUT2D eigenvalue weighted by atomic mass is 32.2. The zero-order chi connectivity index (χ0) is 20.0. The van der Waals surface area contributed by atoms with Crippen molar-refractivity contribution in [1.82, 2.24) is 8.87 Å². The summed E-state index contributed by atoms with van der Waals surface area (Å²) < 4.78 is 55.3. The lowest BCUT2D eigenvalue weighted by Gasteiger charge is -2.36. The molecule has 0 fully saturated rings. The Balaban J connectivity index is 1.60. The van der Waals surface area contributed by atoms with Gasteiger partial charge in [0, 0.05) is 31.0 Å². The van der Waals surface area contributed by atoms with Gasteiger partial charge in [0.2, 0.25) is 10.0 Å². The predicted octanol–water partition coefficient (Wildman–Crippen LogP) is 3.19. The number of aromatic nitrogens is 1. The van der Waals surface area contributed by atoms with Crippen LogP contribution in [0.5, 0.6) is 11.5 Å². The highest BCUT2D eigenvalue weighted by molar-refractivity contribution is 7.89. The molecular weight excluding hydrogens is 395 g/mol. The summed E-state index contributed by atoms with van der Waals surface area (Å²) in [5, 5.41) is 0. The molecule has 2 aliphatic rings. The van der Waals surface area contributed by atoms with Crippen molar-refractivity contribution in [3.05, 3.63) is 77.9 Å². The molecule has 0 unspecified atom stereocenters. The summed E-state index contributed by atoms with van der Waals surface area (Å²) in [4.78, 5) is 0.147. The van der Waals surface area contributed by atoms with Gasteiger partial charge in [-0.1, -0.05) is 12.1 Å². The maximum Gasteiger partial charge on any atom is 0.244 e. The van der Waals surface area contributed by atoms with Gasteiger partial charge in [0.15, 0.2) is 11.5 Å². The van der Waals surface area contributed by atoms with Gasteiger partial charge >= 0.3 is 0 Å². The first-order chi connectivity index (χ1) is 14.0. The van der Waals surface area contributed by atoms with Crippen molar-refractivity contribution in [2.24, 2.45) is 0 Å². The van der Waals surface area contributed by atoms with Crippen LogP contribution in [0.1, 0.15) is 17.3 Å². The van der Waals surface area contributed by atoms with Crippen LogP contribution >= 0.6 is 0 Å². The van der Waals surface area contributed by atoms with E-state index in [9.17, 15) is 12.8 Å². The molecule has 0 saturated carbocycles. The van der Waals surface area contributed by atoms with Gasteiger partial charge in [-0.2, -0.15) is 4.31 Å². The second kappa shape index (κ2) is 6.89. The lowest BCUT2D eigenvalue weighted by atomic mass is 10.0. The van der Waals surface area contributed by atoms with Gasteiger partial charge in [0.25, 0.3) is 0 Å². The van der Waals surface area contributed by atoms with Gasteiger partial charge in [0.1, 0.15) is 19.0 Å². The molecule has 1 aromatic heterocycles. The summed E-state index contributed by atoms with van der Waals surface area (Å²) in [6, 6.07) is 13.9. The van der Waals surface area contributed by atoms with Gasteiger partial charge in [0.05, 0.1) is 10.9 Å². The predicted molar refractivity (Wildman–Crippen MR) is 104 cm³/mol. The van der Waals surface area contributed by atoms with E-state index in [-0.39, 0.29) is 10.7 Å². The molecule has 3 heterocycles. The molecule has 1 atom stereocenters. The number of nitrogens with zero attached hydrogens (tertiary/aromatic N) is 2. The Bertz CT molecular complexity index is 1160. The van der Waals surface area contributed by atoms with Gasteiger partial charge in [-0.05, 0) is 42.0 Å². The number of sulfonamides is 1. The van der Waals surface area contributed by atoms with Crippen LogP contribution in [-0.2, 0) is 16.6 Å². The number of benzene rings is 2. The zero-order valence-electron chi connectivity index (χ0n) is 15.5. The monoisotopic (exact) mass is 414 g/mol. The van der Waals surface area contributed by atoms with Crippen LogP contribution in [0.4, 0.5) is 4.39 Å². The van der Waals surface area contributed by atoms with E-state index in [1.54, 1.807) is 18.2 Å². The summed E-state index contributed by atoms with van der Waals surface area (Å²) in [7, 11) is -3.83. The molecule has 0 amide bonds. The molecule has 0 N–H and O–H groups in total. The van der Waals surface area contributed by atoms with Crippen molar-refractivity contribution >= 4 is 10.0 Å². The largest absolute Gasteiger partial charge is 0.486 e. The third-order valence-electron chi connectivity index (χ3n) is 5.30. The van der Waals surface area contributed by atoms with Crippen molar-refractivity contribution in [3.8, 4) is 11.5 Å². The molecule has 0 radical (unpaired) electrons. The van der Waals surface area contributed by atoms with Crippen molar-refractivity contribution in [1.29, 1.82) is 0 Å². The molecule has 0 bridgehead atoms. The van der Waals surface area contributed by atoms with Crippen molar-refractivity contribution in [3.63, 3.8) is 0 Å². The number of ether oxygens (including phenoxy) is 2. The van der Waals surface area contributed by atoms with E-state index in [2.05, 4.69) is 0 Å². The van der Waals surface area contributed by atoms with Crippen LogP contribution in [0.3, 0.4) is 0 Å². The summed E-state index contributed by atoms with van der Waals surface area (Å²) in [5.41, 5.74) is 1.57. The second-order valence-electron chi connectivity index (χ2n) is 7.00. The van der Waals surface area contributed by atoms with Crippen LogP contribution in [0.2, 0.25) is 0 Å². The molecule has 0 aliphatic carbocycles. The van der Waals surface area contributed by atoms with Crippen LogP contribution in [-0.4, -0.2) is 37.0 Å². The Labute approximate surface area is 168 Å². The molecule has 8 heteroatoms. The van der Waals surface area contributed by atoms with Crippen molar-refractivity contribution in [2.75, 3.05) is 19.8 Å². The fraction of sp³-hybridized carbons (Fsp3) is 0.238. The zero-order valence-corrected chi connectivity index (χ0v) is 16.3. The Morgan fingerprint density at radius 2 is 1.69 bits per heavy atom. The fourth-order valence-electron chi connectivity index (χ4n) is 3.92. The topological polar surface area (TPSA) is 60.8 Å². The van der Waals surface area contributed by atoms with Crippen LogP contribution in [0, 0.1) is 5.82 Å². The minimum atomic E-state index is -3.83. The number of fused-ring (bicyclic) bond motifs is 2. The molecule has 0 saturated heterocycles. The van der Waals surface area contributed by atoms with Gasteiger partial charge in [-0.3, -0.25) is 0 Å². The van der Waals surface area contributed by atoms with E-state index >= 15 is 0 Å². The Kier molecular flexibility index (Phi) is 4.33. The molecule has 29 heavy (non-hydrogen) atoms. The third kappa shape index (κ3) is 3.08. The van der Waals surface area contributed by atoms with Crippen LogP contribution in [0.25, 0.3) is 0 Å². The SMILES string of the molecule is O=S(=O)(c1ccc2c(c1)OCCO2)N1CCn2cccc2[C@H]1c1ccc(F)cc1. The van der Waals surface area contributed by atoms with E-state index < -0.39 is 16.1 Å². The lowest BCUT2D eigenvalue weighted by molar-refractivity contribution is 0.171.